The lowest BCUT2D eigenvalue weighted by Gasteiger charge is -2.05. The Kier molecular flexibility index (Phi) is 1.77. The topological polar surface area (TPSA) is 30.2 Å². The molecule has 2 rings (SSSR count). The summed E-state index contributed by atoms with van der Waals surface area (Å²) >= 11 is 4.36. The van der Waals surface area contributed by atoms with Crippen molar-refractivity contribution in [1.29, 1.82) is 0 Å². The van der Waals surface area contributed by atoms with E-state index in [-0.39, 0.29) is 5.25 Å². The molecule has 0 aliphatic rings. The van der Waals surface area contributed by atoms with Crippen LogP contribution in [0.3, 0.4) is 0 Å². The maximum absolute atomic E-state index is 4.36. The third-order valence-electron chi connectivity index (χ3n) is 1.79. The minimum atomic E-state index is 0.199. The highest BCUT2D eigenvalue weighted by molar-refractivity contribution is 7.80. The van der Waals surface area contributed by atoms with Gasteiger partial charge in [0, 0.05) is 10.9 Å². The second kappa shape index (κ2) is 2.79. The minimum absolute atomic E-state index is 0.199. The Morgan fingerprint density at radius 3 is 3.08 bits per heavy atom. The van der Waals surface area contributed by atoms with Crippen molar-refractivity contribution in [2.24, 2.45) is 0 Å². The fourth-order valence-electron chi connectivity index (χ4n) is 1.21. The van der Waals surface area contributed by atoms with Gasteiger partial charge in [0.05, 0.1) is 0 Å². The highest BCUT2D eigenvalue weighted by atomic mass is 32.1. The minimum Gasteiger partial charge on any atom is -0.285 e. The van der Waals surface area contributed by atoms with Crippen molar-refractivity contribution in [1.82, 2.24) is 14.6 Å². The quantitative estimate of drug-likeness (QED) is 0.676. The molecule has 3 nitrogen and oxygen atoms in total. The van der Waals surface area contributed by atoms with Gasteiger partial charge < -0.3 is 0 Å². The van der Waals surface area contributed by atoms with E-state index in [9.17, 15) is 0 Å². The maximum Gasteiger partial charge on any atom is 0.160 e. The first-order valence-corrected chi connectivity index (χ1v) is 4.27. The molecule has 4 heteroatoms. The molecule has 62 valence electrons. The average Bonchev–Trinajstić information content (AvgIpc) is 2.49. The summed E-state index contributed by atoms with van der Waals surface area (Å²) < 4.78 is 1.94. The summed E-state index contributed by atoms with van der Waals surface area (Å²) in [6, 6.07) is 5.91. The van der Waals surface area contributed by atoms with Crippen LogP contribution in [-0.4, -0.2) is 14.6 Å². The van der Waals surface area contributed by atoms with Gasteiger partial charge in [-0.2, -0.15) is 12.6 Å². The first kappa shape index (κ1) is 7.61. The van der Waals surface area contributed by atoms with Gasteiger partial charge in [-0.15, -0.1) is 10.2 Å². The fraction of sp³-hybridized carbons (Fsp3) is 0.250. The molecule has 2 heterocycles. The van der Waals surface area contributed by atoms with E-state index >= 15 is 0 Å². The molecule has 0 radical (unpaired) electrons. The van der Waals surface area contributed by atoms with Gasteiger partial charge in [-0.25, -0.2) is 0 Å². The zero-order valence-electron chi connectivity index (χ0n) is 6.68. The highest BCUT2D eigenvalue weighted by Gasteiger charge is 2.04. The number of thiol groups is 1. The molecule has 0 saturated carbocycles. The van der Waals surface area contributed by atoms with Crippen LogP contribution >= 0.6 is 12.6 Å². The van der Waals surface area contributed by atoms with Crippen LogP contribution in [0.5, 0.6) is 0 Å². The van der Waals surface area contributed by atoms with Crippen molar-refractivity contribution in [2.45, 2.75) is 12.2 Å². The Hall–Kier alpha value is -1.03. The lowest BCUT2D eigenvalue weighted by atomic mass is 10.3. The van der Waals surface area contributed by atoms with Crippen LogP contribution in [0.2, 0.25) is 0 Å². The number of nitrogens with zero attached hydrogens (tertiary/aromatic N) is 3. The maximum atomic E-state index is 4.36. The van der Waals surface area contributed by atoms with E-state index in [1.807, 2.05) is 29.5 Å². The summed E-state index contributed by atoms with van der Waals surface area (Å²) in [5, 5.41) is 7.96. The third kappa shape index (κ3) is 1.08. The predicted molar refractivity (Wildman–Crippen MR) is 50.4 cm³/mol. The molecule has 0 fully saturated rings. The molecule has 1 unspecified atom stereocenters. The van der Waals surface area contributed by atoms with Crippen molar-refractivity contribution in [3.8, 4) is 0 Å². The molecule has 0 aliphatic heterocycles. The van der Waals surface area contributed by atoms with E-state index in [2.05, 4.69) is 22.8 Å². The van der Waals surface area contributed by atoms with E-state index in [1.54, 1.807) is 6.33 Å². The van der Waals surface area contributed by atoms with Crippen LogP contribution in [0.15, 0.2) is 24.5 Å². The Balaban J connectivity index is 2.73. The van der Waals surface area contributed by atoms with Crippen LogP contribution in [0.4, 0.5) is 0 Å². The Morgan fingerprint density at radius 1 is 1.50 bits per heavy atom. The lowest BCUT2D eigenvalue weighted by molar-refractivity contribution is 0.958. The first-order chi connectivity index (χ1) is 5.79. The van der Waals surface area contributed by atoms with Crippen molar-refractivity contribution in [2.75, 3.05) is 0 Å². The molecule has 1 atom stereocenters. The number of rotatable bonds is 1. The summed E-state index contributed by atoms with van der Waals surface area (Å²) in [5.41, 5.74) is 1.98. The zero-order valence-corrected chi connectivity index (χ0v) is 7.57. The second-order valence-corrected chi connectivity index (χ2v) is 3.46. The zero-order chi connectivity index (χ0) is 8.55. The fourth-order valence-corrected chi connectivity index (χ4v) is 1.42. The molecule has 0 N–H and O–H groups in total. The average molecular weight is 179 g/mol. The van der Waals surface area contributed by atoms with Crippen LogP contribution in [0.1, 0.15) is 17.9 Å². The monoisotopic (exact) mass is 179 g/mol. The van der Waals surface area contributed by atoms with Gasteiger partial charge in [-0.05, 0) is 19.1 Å². The van der Waals surface area contributed by atoms with Gasteiger partial charge in [0.1, 0.15) is 6.33 Å². The number of aromatic nitrogens is 3. The largest absolute Gasteiger partial charge is 0.285 e. The van der Waals surface area contributed by atoms with Crippen molar-refractivity contribution >= 4 is 18.3 Å². The van der Waals surface area contributed by atoms with E-state index in [4.69, 9.17) is 0 Å². The molecule has 0 aliphatic carbocycles. The molecule has 0 spiro atoms. The number of hydrogen-bond acceptors (Lipinski definition) is 3. The third-order valence-corrected chi connectivity index (χ3v) is 2.06. The smallest absolute Gasteiger partial charge is 0.160 e. The lowest BCUT2D eigenvalue weighted by Crippen LogP contribution is -1.95. The normalized spacial score (nSPS) is 13.5. The summed E-state index contributed by atoms with van der Waals surface area (Å²) in [7, 11) is 0. The van der Waals surface area contributed by atoms with Gasteiger partial charge in [0.25, 0.3) is 0 Å². The number of fused-ring (bicyclic) bond motifs is 1. The standard InChI is InChI=1S/C8H9N3S/c1-6(12)7-3-2-4-8-10-9-5-11(7)8/h2-6,12H,1H3. The predicted octanol–water partition coefficient (Wildman–Crippen LogP) is 1.72. The Bertz CT molecular complexity index is 394. The molecule has 0 aromatic carbocycles. The van der Waals surface area contributed by atoms with E-state index in [0.717, 1.165) is 11.3 Å². The van der Waals surface area contributed by atoms with Crippen LogP contribution in [0, 0.1) is 0 Å². The van der Waals surface area contributed by atoms with Gasteiger partial charge in [0.2, 0.25) is 0 Å². The summed E-state index contributed by atoms with van der Waals surface area (Å²) in [4.78, 5) is 0. The van der Waals surface area contributed by atoms with Gasteiger partial charge in [-0.1, -0.05) is 6.07 Å². The number of pyridine rings is 1. The molecule has 2 aromatic rings. The SMILES string of the molecule is CC(S)c1cccc2nncn12. The molecule has 0 bridgehead atoms. The van der Waals surface area contributed by atoms with Gasteiger partial charge in [-0.3, -0.25) is 4.40 Å². The second-order valence-electron chi connectivity index (χ2n) is 2.69. The molecular formula is C8H9N3S. The molecule has 12 heavy (non-hydrogen) atoms. The number of hydrogen-bond donors (Lipinski definition) is 1. The van der Waals surface area contributed by atoms with Crippen molar-refractivity contribution in [3.05, 3.63) is 30.2 Å². The van der Waals surface area contributed by atoms with Crippen molar-refractivity contribution < 1.29 is 0 Å². The van der Waals surface area contributed by atoms with Crippen LogP contribution in [-0.2, 0) is 0 Å². The van der Waals surface area contributed by atoms with E-state index in [1.165, 1.54) is 0 Å². The van der Waals surface area contributed by atoms with E-state index < -0.39 is 0 Å². The first-order valence-electron chi connectivity index (χ1n) is 3.76. The Labute approximate surface area is 75.8 Å². The van der Waals surface area contributed by atoms with Crippen molar-refractivity contribution in [3.63, 3.8) is 0 Å². The Morgan fingerprint density at radius 2 is 2.33 bits per heavy atom. The van der Waals surface area contributed by atoms with Gasteiger partial charge >= 0.3 is 0 Å². The van der Waals surface area contributed by atoms with Crippen LogP contribution in [0.25, 0.3) is 5.65 Å². The molecule has 0 saturated heterocycles. The summed E-state index contributed by atoms with van der Waals surface area (Å²) in [5.74, 6) is 0. The summed E-state index contributed by atoms with van der Waals surface area (Å²) in [6.45, 7) is 2.03. The molecule has 0 amide bonds. The van der Waals surface area contributed by atoms with E-state index in [0.29, 0.717) is 0 Å². The molecular weight excluding hydrogens is 170 g/mol. The molecule has 2 aromatic heterocycles. The highest BCUT2D eigenvalue weighted by Crippen LogP contribution is 2.18. The van der Waals surface area contributed by atoms with Gasteiger partial charge in [0.15, 0.2) is 5.65 Å². The summed E-state index contributed by atoms with van der Waals surface area (Å²) in [6.07, 6.45) is 1.71. The van der Waals surface area contributed by atoms with Crippen LogP contribution < -0.4 is 0 Å².